The van der Waals surface area contributed by atoms with Crippen LogP contribution in [0.1, 0.15) is 10.4 Å². The quantitative estimate of drug-likeness (QED) is 0.601. The van der Waals surface area contributed by atoms with Gasteiger partial charge in [0.1, 0.15) is 12.4 Å². The number of nitrogens with one attached hydrogen (secondary N) is 1. The molecule has 2 aromatic carbocycles. The number of hydrogen-bond acceptors (Lipinski definition) is 2. The molecule has 0 aliphatic heterocycles. The van der Waals surface area contributed by atoms with Gasteiger partial charge in [0.2, 0.25) is 0 Å². The molecule has 0 spiro atoms. The van der Waals surface area contributed by atoms with Crippen molar-refractivity contribution in [1.82, 2.24) is 5.32 Å². The van der Waals surface area contributed by atoms with Gasteiger partial charge in [-0.25, -0.2) is 8.78 Å². The van der Waals surface area contributed by atoms with Gasteiger partial charge in [0, 0.05) is 9.64 Å². The minimum absolute atomic E-state index is 0.0543. The molecule has 0 unspecified atom stereocenters. The second kappa shape index (κ2) is 8.48. The number of ether oxygens (including phenoxy) is 1. The van der Waals surface area contributed by atoms with Gasteiger partial charge >= 0.3 is 0 Å². The standard InChI is InChI=1S/C17H12F2INO2/c18-12-7-8-16(14(19)11-12)23-10-4-3-9-21-17(22)13-5-1-2-6-15(13)20/h1-2,5-8,11H,9-10H2,(H,21,22). The van der Waals surface area contributed by atoms with Crippen LogP contribution in [0.2, 0.25) is 0 Å². The predicted octanol–water partition coefficient (Wildman–Crippen LogP) is 3.38. The Bertz CT molecular complexity index is 769. The average Bonchev–Trinajstić information content (AvgIpc) is 2.52. The summed E-state index contributed by atoms with van der Waals surface area (Å²) in [6.45, 7) is 0.0976. The van der Waals surface area contributed by atoms with E-state index in [0.29, 0.717) is 5.56 Å². The molecule has 0 aliphatic rings. The van der Waals surface area contributed by atoms with E-state index in [1.54, 1.807) is 12.1 Å². The normalized spacial score (nSPS) is 9.70. The molecule has 0 saturated carbocycles. The lowest BCUT2D eigenvalue weighted by Gasteiger charge is -2.04. The molecule has 0 aliphatic carbocycles. The Kier molecular flexibility index (Phi) is 6.35. The van der Waals surface area contributed by atoms with Gasteiger partial charge in [-0.1, -0.05) is 24.0 Å². The Balaban J connectivity index is 1.78. The van der Waals surface area contributed by atoms with E-state index in [0.717, 1.165) is 15.7 Å². The first-order valence-electron chi connectivity index (χ1n) is 6.64. The van der Waals surface area contributed by atoms with E-state index in [4.69, 9.17) is 4.74 Å². The molecule has 1 amide bonds. The molecule has 2 aromatic rings. The number of halogens is 3. The fourth-order valence-corrected chi connectivity index (χ4v) is 2.32. The Morgan fingerprint density at radius 3 is 2.70 bits per heavy atom. The zero-order valence-electron chi connectivity index (χ0n) is 11.9. The zero-order chi connectivity index (χ0) is 16.7. The smallest absolute Gasteiger partial charge is 0.253 e. The van der Waals surface area contributed by atoms with E-state index in [9.17, 15) is 13.6 Å². The summed E-state index contributed by atoms with van der Waals surface area (Å²) < 4.78 is 31.9. The Morgan fingerprint density at radius 1 is 1.17 bits per heavy atom. The van der Waals surface area contributed by atoms with Crippen molar-refractivity contribution in [1.29, 1.82) is 0 Å². The fraction of sp³-hybridized carbons (Fsp3) is 0.118. The molecule has 23 heavy (non-hydrogen) atoms. The first-order chi connectivity index (χ1) is 11.1. The molecule has 118 valence electrons. The maximum absolute atomic E-state index is 13.3. The topological polar surface area (TPSA) is 38.3 Å². The maximum atomic E-state index is 13.3. The third-order valence-electron chi connectivity index (χ3n) is 2.77. The SMILES string of the molecule is O=C(NCC#CCOc1ccc(F)cc1F)c1ccccc1I. The molecule has 6 heteroatoms. The minimum Gasteiger partial charge on any atom is -0.478 e. The van der Waals surface area contributed by atoms with Crippen LogP contribution in [0.5, 0.6) is 5.75 Å². The van der Waals surface area contributed by atoms with E-state index < -0.39 is 11.6 Å². The van der Waals surface area contributed by atoms with Crippen molar-refractivity contribution < 1.29 is 18.3 Å². The van der Waals surface area contributed by atoms with Crippen LogP contribution in [0.25, 0.3) is 0 Å². The summed E-state index contributed by atoms with van der Waals surface area (Å²) in [5.74, 6) is 3.62. The number of hydrogen-bond donors (Lipinski definition) is 1. The molecule has 0 saturated heterocycles. The molecular weight excluding hydrogens is 415 g/mol. The highest BCUT2D eigenvalue weighted by molar-refractivity contribution is 14.1. The first kappa shape index (κ1) is 17.2. The number of amides is 1. The predicted molar refractivity (Wildman–Crippen MR) is 91.1 cm³/mol. The van der Waals surface area contributed by atoms with Crippen LogP contribution in [0.4, 0.5) is 8.78 Å². The van der Waals surface area contributed by atoms with Crippen LogP contribution in [-0.4, -0.2) is 19.1 Å². The Morgan fingerprint density at radius 2 is 1.96 bits per heavy atom. The van der Waals surface area contributed by atoms with E-state index in [1.165, 1.54) is 6.07 Å². The maximum Gasteiger partial charge on any atom is 0.253 e. The summed E-state index contributed by atoms with van der Waals surface area (Å²) in [6, 6.07) is 10.2. The molecule has 0 fully saturated rings. The number of rotatable bonds is 4. The van der Waals surface area contributed by atoms with Gasteiger partial charge in [0.05, 0.1) is 12.1 Å². The van der Waals surface area contributed by atoms with E-state index in [1.807, 2.05) is 12.1 Å². The Hall–Kier alpha value is -2.14. The highest BCUT2D eigenvalue weighted by Crippen LogP contribution is 2.17. The van der Waals surface area contributed by atoms with Crippen LogP contribution >= 0.6 is 22.6 Å². The highest BCUT2D eigenvalue weighted by atomic mass is 127. The molecule has 1 N–H and O–H groups in total. The summed E-state index contributed by atoms with van der Waals surface area (Å²) >= 11 is 2.08. The lowest BCUT2D eigenvalue weighted by molar-refractivity contribution is 0.0958. The molecule has 0 radical (unpaired) electrons. The molecular formula is C17H12F2INO2. The Labute approximate surface area is 146 Å². The van der Waals surface area contributed by atoms with Gasteiger partial charge in [-0.05, 0) is 46.9 Å². The van der Waals surface area contributed by atoms with Gasteiger partial charge in [-0.2, -0.15) is 0 Å². The average molecular weight is 427 g/mol. The van der Waals surface area contributed by atoms with Gasteiger partial charge in [0.25, 0.3) is 5.91 Å². The molecule has 0 heterocycles. The summed E-state index contributed by atoms with van der Waals surface area (Å²) in [5.41, 5.74) is 0.583. The van der Waals surface area contributed by atoms with Crippen molar-refractivity contribution in [3.63, 3.8) is 0 Å². The summed E-state index contributed by atoms with van der Waals surface area (Å²) in [7, 11) is 0. The molecule has 0 atom stereocenters. The van der Waals surface area contributed by atoms with Crippen molar-refractivity contribution in [3.05, 3.63) is 63.2 Å². The monoisotopic (exact) mass is 427 g/mol. The van der Waals surface area contributed by atoms with Crippen LogP contribution in [0.3, 0.4) is 0 Å². The van der Waals surface area contributed by atoms with Crippen LogP contribution in [0.15, 0.2) is 42.5 Å². The van der Waals surface area contributed by atoms with Crippen molar-refractivity contribution in [2.75, 3.05) is 13.2 Å². The van der Waals surface area contributed by atoms with Gasteiger partial charge in [-0.15, -0.1) is 0 Å². The summed E-state index contributed by atoms with van der Waals surface area (Å²) in [6.07, 6.45) is 0. The summed E-state index contributed by atoms with van der Waals surface area (Å²) in [5, 5.41) is 2.66. The van der Waals surface area contributed by atoms with Crippen LogP contribution < -0.4 is 10.1 Å². The number of carbonyl (C=O) groups is 1. The van der Waals surface area contributed by atoms with E-state index in [-0.39, 0.29) is 24.8 Å². The van der Waals surface area contributed by atoms with Crippen molar-refractivity contribution in [2.45, 2.75) is 0 Å². The summed E-state index contributed by atoms with van der Waals surface area (Å²) in [4.78, 5) is 11.9. The molecule has 0 bridgehead atoms. The number of carbonyl (C=O) groups excluding carboxylic acids is 1. The van der Waals surface area contributed by atoms with Crippen molar-refractivity contribution in [3.8, 4) is 17.6 Å². The zero-order valence-corrected chi connectivity index (χ0v) is 14.1. The van der Waals surface area contributed by atoms with Crippen LogP contribution in [-0.2, 0) is 0 Å². The molecule has 3 nitrogen and oxygen atoms in total. The molecule has 0 aromatic heterocycles. The van der Waals surface area contributed by atoms with Crippen molar-refractivity contribution in [2.24, 2.45) is 0 Å². The van der Waals surface area contributed by atoms with E-state index in [2.05, 4.69) is 39.7 Å². The van der Waals surface area contributed by atoms with Crippen molar-refractivity contribution >= 4 is 28.5 Å². The van der Waals surface area contributed by atoms with Crippen LogP contribution in [0, 0.1) is 27.0 Å². The third-order valence-corrected chi connectivity index (χ3v) is 3.72. The minimum atomic E-state index is -0.779. The molecule has 2 rings (SSSR count). The lowest BCUT2D eigenvalue weighted by Crippen LogP contribution is -2.24. The number of benzene rings is 2. The largest absolute Gasteiger partial charge is 0.478 e. The van der Waals surface area contributed by atoms with Gasteiger partial charge < -0.3 is 10.1 Å². The van der Waals surface area contributed by atoms with E-state index >= 15 is 0 Å². The third kappa shape index (κ3) is 5.21. The second-order valence-electron chi connectivity index (χ2n) is 4.38. The fourth-order valence-electron chi connectivity index (χ4n) is 1.68. The highest BCUT2D eigenvalue weighted by Gasteiger charge is 2.07. The van der Waals surface area contributed by atoms with Gasteiger partial charge in [-0.3, -0.25) is 4.79 Å². The second-order valence-corrected chi connectivity index (χ2v) is 5.54. The first-order valence-corrected chi connectivity index (χ1v) is 7.72. The lowest BCUT2D eigenvalue weighted by atomic mass is 10.2. The van der Waals surface area contributed by atoms with Gasteiger partial charge in [0.15, 0.2) is 11.6 Å².